The fourth-order valence-corrected chi connectivity index (χ4v) is 6.32. The number of amides is 1. The van der Waals surface area contributed by atoms with E-state index in [1.54, 1.807) is 13.0 Å². The van der Waals surface area contributed by atoms with E-state index in [-0.39, 0.29) is 35.6 Å². The number of ether oxygens (including phenoxy) is 1. The Morgan fingerprint density at radius 1 is 1.07 bits per heavy atom. The maximum absolute atomic E-state index is 15.4. The van der Waals surface area contributed by atoms with Crippen molar-refractivity contribution in [3.63, 3.8) is 0 Å². The van der Waals surface area contributed by atoms with Crippen LogP contribution in [0.5, 0.6) is 0 Å². The molecule has 1 amide bonds. The molecule has 0 N–H and O–H groups in total. The number of carbonyl (C=O) groups excluding carboxylic acids is 2. The van der Waals surface area contributed by atoms with Gasteiger partial charge in [0.15, 0.2) is 0 Å². The molecule has 0 unspecified atom stereocenters. The number of imidazole rings is 1. The van der Waals surface area contributed by atoms with Gasteiger partial charge in [-0.05, 0) is 91.8 Å². The van der Waals surface area contributed by atoms with Crippen molar-refractivity contribution < 1.29 is 18.7 Å². The summed E-state index contributed by atoms with van der Waals surface area (Å²) in [4.78, 5) is 32.7. The van der Waals surface area contributed by atoms with Crippen LogP contribution in [0, 0.1) is 11.7 Å². The Hall–Kier alpha value is -4.00. The molecule has 7 heteroatoms. The lowest BCUT2D eigenvalue weighted by molar-refractivity contribution is -0.144. The monoisotopic (exact) mass is 537 g/mol. The molecule has 0 spiro atoms. The molecular weight excluding hydrogens is 505 g/mol. The molecule has 2 aromatic heterocycles. The lowest BCUT2D eigenvalue weighted by Crippen LogP contribution is -2.39. The molecule has 204 valence electrons. The number of benzene rings is 2. The fourth-order valence-electron chi connectivity index (χ4n) is 6.32. The zero-order chi connectivity index (χ0) is 27.5. The van der Waals surface area contributed by atoms with Gasteiger partial charge in [0.1, 0.15) is 11.5 Å². The number of halogens is 1. The Morgan fingerprint density at radius 2 is 1.90 bits per heavy atom. The zero-order valence-electron chi connectivity index (χ0n) is 22.8. The van der Waals surface area contributed by atoms with Crippen LogP contribution in [0.25, 0.3) is 16.9 Å². The van der Waals surface area contributed by atoms with Gasteiger partial charge < -0.3 is 14.0 Å². The van der Waals surface area contributed by atoms with Crippen LogP contribution in [0.15, 0.2) is 60.9 Å². The SMILES string of the molecule is CCOC(=O)[C@@H]1C[C@H]1c1ccc(-c2cn3cc(C(=O)N4CCc5ccccc5[C@H]4C)cc(C4CC4)c3n2)c(F)c1. The average molecular weight is 538 g/mol. The zero-order valence-corrected chi connectivity index (χ0v) is 22.8. The molecule has 1 aliphatic heterocycles. The highest BCUT2D eigenvalue weighted by Gasteiger charge is 2.45. The molecule has 6 nitrogen and oxygen atoms in total. The van der Waals surface area contributed by atoms with E-state index in [0.29, 0.717) is 42.3 Å². The molecular formula is C33H32FN3O3. The minimum atomic E-state index is -0.361. The predicted molar refractivity (Wildman–Crippen MR) is 150 cm³/mol. The molecule has 40 heavy (non-hydrogen) atoms. The van der Waals surface area contributed by atoms with E-state index < -0.39 is 0 Å². The van der Waals surface area contributed by atoms with Crippen LogP contribution in [0.3, 0.4) is 0 Å². The van der Waals surface area contributed by atoms with Crippen molar-refractivity contribution in [1.29, 1.82) is 0 Å². The number of aromatic nitrogens is 2. The molecule has 7 rings (SSSR count). The van der Waals surface area contributed by atoms with Gasteiger partial charge in [-0.2, -0.15) is 0 Å². The fraction of sp³-hybridized carbons (Fsp3) is 0.364. The second-order valence-corrected chi connectivity index (χ2v) is 11.4. The Balaban J connectivity index is 1.20. The second kappa shape index (κ2) is 9.58. The van der Waals surface area contributed by atoms with Crippen LogP contribution in [0.2, 0.25) is 0 Å². The van der Waals surface area contributed by atoms with E-state index in [9.17, 15) is 9.59 Å². The predicted octanol–water partition coefficient (Wildman–Crippen LogP) is 6.44. The molecule has 3 aliphatic rings. The molecule has 2 saturated carbocycles. The van der Waals surface area contributed by atoms with Gasteiger partial charge in [-0.3, -0.25) is 9.59 Å². The van der Waals surface area contributed by atoms with E-state index in [2.05, 4.69) is 25.1 Å². The first-order valence-electron chi connectivity index (χ1n) is 14.3. The van der Waals surface area contributed by atoms with Crippen LogP contribution in [0.1, 0.15) is 83.6 Å². The summed E-state index contributed by atoms with van der Waals surface area (Å²) in [6, 6.07) is 15.5. The third-order valence-electron chi connectivity index (χ3n) is 8.78. The van der Waals surface area contributed by atoms with Crippen molar-refractivity contribution in [2.75, 3.05) is 13.2 Å². The van der Waals surface area contributed by atoms with Gasteiger partial charge in [-0.1, -0.05) is 30.3 Å². The molecule has 3 heterocycles. The molecule has 3 atom stereocenters. The van der Waals surface area contributed by atoms with Crippen LogP contribution in [-0.2, 0) is 16.0 Å². The first kappa shape index (κ1) is 25.0. The van der Waals surface area contributed by atoms with Crippen molar-refractivity contribution in [3.05, 3.63) is 94.6 Å². The molecule has 0 radical (unpaired) electrons. The Kier molecular flexibility index (Phi) is 5.99. The standard InChI is InChI=1S/C33H32FN3O3/c1-3-40-33(39)28-16-26(28)22-10-11-25(29(34)15-22)30-18-36-17-23(14-27(21-8-9-21)31(36)35-30)32(38)37-13-12-20-6-4-5-7-24(20)19(37)2/h4-7,10-11,14-15,17-19,21,26,28H,3,8-9,12-13,16H2,1-2H3/t19-,26+,28-/m1/s1. The minimum Gasteiger partial charge on any atom is -0.466 e. The highest BCUT2D eigenvalue weighted by Crippen LogP contribution is 2.49. The lowest BCUT2D eigenvalue weighted by Gasteiger charge is -2.35. The molecule has 4 aromatic rings. The highest BCUT2D eigenvalue weighted by atomic mass is 19.1. The smallest absolute Gasteiger partial charge is 0.309 e. The first-order valence-corrected chi connectivity index (χ1v) is 14.3. The summed E-state index contributed by atoms with van der Waals surface area (Å²) < 4.78 is 22.4. The van der Waals surface area contributed by atoms with E-state index >= 15 is 4.39 Å². The summed E-state index contributed by atoms with van der Waals surface area (Å²) in [5.41, 5.74) is 6.73. The Bertz CT molecular complexity index is 1660. The number of nitrogens with zero attached hydrogens (tertiary/aromatic N) is 3. The largest absolute Gasteiger partial charge is 0.466 e. The van der Waals surface area contributed by atoms with Crippen molar-refractivity contribution >= 4 is 17.5 Å². The van der Waals surface area contributed by atoms with Crippen LogP contribution in [-0.4, -0.2) is 39.3 Å². The van der Waals surface area contributed by atoms with Crippen LogP contribution < -0.4 is 0 Å². The van der Waals surface area contributed by atoms with Crippen molar-refractivity contribution in [2.24, 2.45) is 5.92 Å². The van der Waals surface area contributed by atoms with Gasteiger partial charge in [0.05, 0.1) is 29.8 Å². The second-order valence-electron chi connectivity index (χ2n) is 11.4. The maximum atomic E-state index is 15.4. The Morgan fingerprint density at radius 3 is 2.67 bits per heavy atom. The Labute approximate surface area is 232 Å². The van der Waals surface area contributed by atoms with Crippen molar-refractivity contribution in [2.45, 2.75) is 57.4 Å². The summed E-state index contributed by atoms with van der Waals surface area (Å²) in [6.45, 7) is 4.91. The van der Waals surface area contributed by atoms with E-state index in [1.807, 2.05) is 39.9 Å². The summed E-state index contributed by atoms with van der Waals surface area (Å²) >= 11 is 0. The number of carbonyl (C=O) groups is 2. The summed E-state index contributed by atoms with van der Waals surface area (Å²) in [5, 5.41) is 0. The third kappa shape index (κ3) is 4.28. The van der Waals surface area contributed by atoms with E-state index in [1.165, 1.54) is 17.2 Å². The van der Waals surface area contributed by atoms with Gasteiger partial charge in [0, 0.05) is 24.5 Å². The normalized spacial score (nSPS) is 21.8. The van der Waals surface area contributed by atoms with Crippen molar-refractivity contribution in [3.8, 4) is 11.3 Å². The number of hydrogen-bond acceptors (Lipinski definition) is 4. The summed E-state index contributed by atoms with van der Waals surface area (Å²) in [6.07, 6.45) is 7.33. The minimum absolute atomic E-state index is 0.00151. The molecule has 0 saturated heterocycles. The highest BCUT2D eigenvalue weighted by molar-refractivity contribution is 5.95. The van der Waals surface area contributed by atoms with Gasteiger partial charge >= 0.3 is 5.97 Å². The lowest BCUT2D eigenvalue weighted by atomic mass is 9.93. The maximum Gasteiger partial charge on any atom is 0.309 e. The number of hydrogen-bond donors (Lipinski definition) is 0. The van der Waals surface area contributed by atoms with E-state index in [4.69, 9.17) is 9.72 Å². The molecule has 2 fully saturated rings. The molecule has 2 aliphatic carbocycles. The quantitative estimate of drug-likeness (QED) is 0.266. The average Bonchev–Trinajstić information content (AvgIpc) is 3.89. The van der Waals surface area contributed by atoms with Gasteiger partial charge in [-0.15, -0.1) is 0 Å². The van der Waals surface area contributed by atoms with Gasteiger partial charge in [0.25, 0.3) is 5.91 Å². The van der Waals surface area contributed by atoms with E-state index in [0.717, 1.165) is 36.0 Å². The third-order valence-corrected chi connectivity index (χ3v) is 8.78. The van der Waals surface area contributed by atoms with Crippen molar-refractivity contribution in [1.82, 2.24) is 14.3 Å². The first-order chi connectivity index (χ1) is 19.4. The number of rotatable bonds is 6. The topological polar surface area (TPSA) is 63.9 Å². The molecule has 2 aromatic carbocycles. The van der Waals surface area contributed by atoms with Crippen LogP contribution >= 0.6 is 0 Å². The number of pyridine rings is 1. The summed E-state index contributed by atoms with van der Waals surface area (Å²) in [7, 11) is 0. The number of fused-ring (bicyclic) bond motifs is 2. The van der Waals surface area contributed by atoms with Crippen LogP contribution in [0.4, 0.5) is 4.39 Å². The molecule has 0 bridgehead atoms. The van der Waals surface area contributed by atoms with Gasteiger partial charge in [0.2, 0.25) is 0 Å². The van der Waals surface area contributed by atoms with Gasteiger partial charge in [-0.25, -0.2) is 9.37 Å². The summed E-state index contributed by atoms with van der Waals surface area (Å²) in [5.74, 6) is -0.376. The number of esters is 1.